The molecule has 26 heavy (non-hydrogen) atoms. The maximum absolute atomic E-state index is 11.8. The van der Waals surface area contributed by atoms with Gasteiger partial charge in [0.05, 0.1) is 0 Å². The van der Waals surface area contributed by atoms with Crippen LogP contribution in [-0.4, -0.2) is 37.9 Å². The number of rotatable bonds is 6. The third kappa shape index (κ3) is 5.34. The summed E-state index contributed by atoms with van der Waals surface area (Å²) < 4.78 is 0. The van der Waals surface area contributed by atoms with E-state index < -0.39 is 0 Å². The fourth-order valence-electron chi connectivity index (χ4n) is 2.76. The average molecular weight is 352 g/mol. The standard InChI is InChI=1S/C21H28N4O/c1-5-16-9-11-17(12-10-16)15-25(4)21(23-3)24-14-18-7-6-8-19(13-18)20(26)22-2/h6-13H,5,14-15H2,1-4H3,(H,22,26)(H,23,24). The van der Waals surface area contributed by atoms with Crippen molar-refractivity contribution in [3.8, 4) is 0 Å². The van der Waals surface area contributed by atoms with Gasteiger partial charge in [0, 0.05) is 39.8 Å². The molecule has 2 aromatic rings. The van der Waals surface area contributed by atoms with Crippen molar-refractivity contribution >= 4 is 11.9 Å². The molecule has 2 N–H and O–H groups in total. The number of guanidine groups is 1. The smallest absolute Gasteiger partial charge is 0.251 e. The fourth-order valence-corrected chi connectivity index (χ4v) is 2.76. The van der Waals surface area contributed by atoms with Crippen molar-refractivity contribution in [2.45, 2.75) is 26.4 Å². The Balaban J connectivity index is 1.97. The van der Waals surface area contributed by atoms with Gasteiger partial charge in [-0.1, -0.05) is 43.3 Å². The van der Waals surface area contributed by atoms with Crippen LogP contribution < -0.4 is 10.6 Å². The summed E-state index contributed by atoms with van der Waals surface area (Å²) in [5.74, 6) is 0.735. The minimum absolute atomic E-state index is 0.0797. The van der Waals surface area contributed by atoms with E-state index in [-0.39, 0.29) is 5.91 Å². The zero-order valence-corrected chi connectivity index (χ0v) is 16.0. The average Bonchev–Trinajstić information content (AvgIpc) is 2.68. The highest BCUT2D eigenvalue weighted by atomic mass is 16.1. The number of carbonyl (C=O) groups excluding carboxylic acids is 1. The molecular weight excluding hydrogens is 324 g/mol. The molecule has 5 nitrogen and oxygen atoms in total. The number of nitrogens with zero attached hydrogens (tertiary/aromatic N) is 2. The van der Waals surface area contributed by atoms with Crippen molar-refractivity contribution in [3.05, 3.63) is 70.8 Å². The molecule has 0 aromatic heterocycles. The van der Waals surface area contributed by atoms with Crippen molar-refractivity contribution in [1.29, 1.82) is 0 Å². The van der Waals surface area contributed by atoms with E-state index in [2.05, 4.69) is 51.7 Å². The maximum atomic E-state index is 11.8. The molecule has 0 aliphatic heterocycles. The Morgan fingerprint density at radius 2 is 1.77 bits per heavy atom. The summed E-state index contributed by atoms with van der Waals surface area (Å²) in [6, 6.07) is 16.3. The van der Waals surface area contributed by atoms with Gasteiger partial charge in [-0.25, -0.2) is 0 Å². The fraction of sp³-hybridized carbons (Fsp3) is 0.333. The zero-order valence-electron chi connectivity index (χ0n) is 16.0. The number of hydrogen-bond acceptors (Lipinski definition) is 2. The second-order valence-corrected chi connectivity index (χ2v) is 6.21. The lowest BCUT2D eigenvalue weighted by molar-refractivity contribution is 0.0963. The third-order valence-electron chi connectivity index (χ3n) is 4.29. The van der Waals surface area contributed by atoms with Crippen molar-refractivity contribution in [2.75, 3.05) is 21.1 Å². The molecule has 0 saturated heterocycles. The minimum atomic E-state index is -0.0797. The molecule has 138 valence electrons. The summed E-state index contributed by atoms with van der Waals surface area (Å²) in [5.41, 5.74) is 4.28. The molecule has 0 spiro atoms. The summed E-state index contributed by atoms with van der Waals surface area (Å²) in [5, 5.41) is 6.00. The van der Waals surface area contributed by atoms with E-state index in [0.29, 0.717) is 12.1 Å². The Kier molecular flexibility index (Phi) is 7.21. The molecule has 5 heteroatoms. The number of benzene rings is 2. The molecule has 0 saturated carbocycles. The lowest BCUT2D eigenvalue weighted by atomic mass is 10.1. The number of aliphatic imine (C=N–C) groups is 1. The predicted octanol–water partition coefficient (Wildman–Crippen LogP) is 2.82. The van der Waals surface area contributed by atoms with Crippen LogP contribution in [-0.2, 0) is 19.5 Å². The molecule has 0 bridgehead atoms. The summed E-state index contributed by atoms with van der Waals surface area (Å²) in [4.78, 5) is 18.2. The van der Waals surface area contributed by atoms with Crippen LogP contribution in [0.15, 0.2) is 53.5 Å². The lowest BCUT2D eigenvalue weighted by Gasteiger charge is -2.22. The largest absolute Gasteiger partial charge is 0.355 e. The van der Waals surface area contributed by atoms with Gasteiger partial charge in [-0.15, -0.1) is 0 Å². The molecule has 0 fully saturated rings. The molecule has 0 atom stereocenters. The molecular formula is C21H28N4O. The van der Waals surface area contributed by atoms with Gasteiger partial charge in [-0.2, -0.15) is 0 Å². The first-order valence-corrected chi connectivity index (χ1v) is 8.88. The van der Waals surface area contributed by atoms with Gasteiger partial charge in [0.25, 0.3) is 5.91 Å². The highest BCUT2D eigenvalue weighted by Crippen LogP contribution is 2.08. The third-order valence-corrected chi connectivity index (χ3v) is 4.29. The topological polar surface area (TPSA) is 56.7 Å². The van der Waals surface area contributed by atoms with Crippen molar-refractivity contribution in [3.63, 3.8) is 0 Å². The summed E-state index contributed by atoms with van der Waals surface area (Å²) in [6.07, 6.45) is 1.05. The first-order chi connectivity index (χ1) is 12.6. The summed E-state index contributed by atoms with van der Waals surface area (Å²) in [7, 11) is 5.43. The Bertz CT molecular complexity index is 753. The van der Waals surface area contributed by atoms with Gasteiger partial charge in [-0.05, 0) is 35.2 Å². The molecule has 0 unspecified atom stereocenters. The molecule has 0 aliphatic carbocycles. The van der Waals surface area contributed by atoms with Crippen LogP contribution in [0.25, 0.3) is 0 Å². The van der Waals surface area contributed by atoms with Gasteiger partial charge in [0.15, 0.2) is 5.96 Å². The van der Waals surface area contributed by atoms with Gasteiger partial charge in [0.2, 0.25) is 0 Å². The van der Waals surface area contributed by atoms with Gasteiger partial charge < -0.3 is 15.5 Å². The molecule has 0 radical (unpaired) electrons. The van der Waals surface area contributed by atoms with Crippen molar-refractivity contribution in [1.82, 2.24) is 15.5 Å². The number of aryl methyl sites for hydroxylation is 1. The van der Waals surface area contributed by atoms with Crippen molar-refractivity contribution in [2.24, 2.45) is 4.99 Å². The SMILES string of the molecule is CCc1ccc(CN(C)C(=NC)NCc2cccc(C(=O)NC)c2)cc1. The van der Waals surface area contributed by atoms with Crippen LogP contribution in [0.1, 0.15) is 34.0 Å². The van der Waals surface area contributed by atoms with Crippen LogP contribution in [0.2, 0.25) is 0 Å². The number of carbonyl (C=O) groups is 1. The molecule has 0 aliphatic rings. The van der Waals surface area contributed by atoms with Crippen LogP contribution in [0.3, 0.4) is 0 Å². The number of amides is 1. The van der Waals surface area contributed by atoms with Gasteiger partial charge in [-0.3, -0.25) is 9.79 Å². The maximum Gasteiger partial charge on any atom is 0.251 e. The second kappa shape index (κ2) is 9.61. The molecule has 0 heterocycles. The molecule has 2 rings (SSSR count). The summed E-state index contributed by atoms with van der Waals surface area (Å²) >= 11 is 0. The quantitative estimate of drug-likeness (QED) is 0.621. The van der Waals surface area contributed by atoms with E-state index in [1.165, 1.54) is 11.1 Å². The van der Waals surface area contributed by atoms with E-state index in [1.807, 2.05) is 31.3 Å². The minimum Gasteiger partial charge on any atom is -0.355 e. The van der Waals surface area contributed by atoms with E-state index >= 15 is 0 Å². The zero-order chi connectivity index (χ0) is 18.9. The van der Waals surface area contributed by atoms with Gasteiger partial charge >= 0.3 is 0 Å². The van der Waals surface area contributed by atoms with E-state index in [0.717, 1.165) is 24.5 Å². The normalized spacial score (nSPS) is 11.2. The van der Waals surface area contributed by atoms with Gasteiger partial charge in [0.1, 0.15) is 0 Å². The van der Waals surface area contributed by atoms with E-state index in [4.69, 9.17) is 0 Å². The Morgan fingerprint density at radius 1 is 1.08 bits per heavy atom. The number of nitrogens with one attached hydrogen (secondary N) is 2. The first-order valence-electron chi connectivity index (χ1n) is 8.88. The van der Waals surface area contributed by atoms with E-state index in [1.54, 1.807) is 14.1 Å². The van der Waals surface area contributed by atoms with Crippen LogP contribution >= 0.6 is 0 Å². The first kappa shape index (κ1) is 19.5. The second-order valence-electron chi connectivity index (χ2n) is 6.21. The Labute approximate surface area is 156 Å². The Hall–Kier alpha value is -2.82. The van der Waals surface area contributed by atoms with Crippen molar-refractivity contribution < 1.29 is 4.79 Å². The monoisotopic (exact) mass is 352 g/mol. The Morgan fingerprint density at radius 3 is 2.38 bits per heavy atom. The van der Waals surface area contributed by atoms with Crippen LogP contribution in [0.5, 0.6) is 0 Å². The van der Waals surface area contributed by atoms with Crippen LogP contribution in [0, 0.1) is 0 Å². The highest BCUT2D eigenvalue weighted by Gasteiger charge is 2.08. The van der Waals surface area contributed by atoms with E-state index in [9.17, 15) is 4.79 Å². The molecule has 1 amide bonds. The highest BCUT2D eigenvalue weighted by molar-refractivity contribution is 5.94. The number of hydrogen-bond donors (Lipinski definition) is 2. The predicted molar refractivity (Wildman–Crippen MR) is 107 cm³/mol. The summed E-state index contributed by atoms with van der Waals surface area (Å²) in [6.45, 7) is 3.55. The lowest BCUT2D eigenvalue weighted by Crippen LogP contribution is -2.38. The van der Waals surface area contributed by atoms with Crippen LogP contribution in [0.4, 0.5) is 0 Å². The molecule has 2 aromatic carbocycles.